The Labute approximate surface area is 158 Å². The van der Waals surface area contributed by atoms with Gasteiger partial charge in [0.25, 0.3) is 5.91 Å². The number of halogens is 1. The van der Waals surface area contributed by atoms with E-state index in [-0.39, 0.29) is 17.1 Å². The lowest BCUT2D eigenvalue weighted by Gasteiger charge is -2.21. The predicted octanol–water partition coefficient (Wildman–Crippen LogP) is 4.36. The fourth-order valence-corrected chi connectivity index (χ4v) is 2.71. The summed E-state index contributed by atoms with van der Waals surface area (Å²) in [4.78, 5) is 17.5. The highest BCUT2D eigenvalue weighted by atomic mass is 19.1. The van der Waals surface area contributed by atoms with Crippen LogP contribution in [0.1, 0.15) is 57.7 Å². The van der Waals surface area contributed by atoms with Crippen LogP contribution in [0.5, 0.6) is 0 Å². The second-order valence-electron chi connectivity index (χ2n) is 8.76. The summed E-state index contributed by atoms with van der Waals surface area (Å²) >= 11 is 0. The van der Waals surface area contributed by atoms with Crippen molar-refractivity contribution >= 4 is 11.6 Å². The van der Waals surface area contributed by atoms with Crippen LogP contribution in [0.15, 0.2) is 36.4 Å². The summed E-state index contributed by atoms with van der Waals surface area (Å²) in [5.74, 6) is -0.664. The average Bonchev–Trinajstić information content (AvgIpc) is 2.97. The molecule has 0 saturated carbocycles. The molecule has 27 heavy (non-hydrogen) atoms. The largest absolute Gasteiger partial charge is 0.346 e. The summed E-state index contributed by atoms with van der Waals surface area (Å²) in [6, 6.07) is 9.84. The van der Waals surface area contributed by atoms with Crippen LogP contribution in [0.3, 0.4) is 0 Å². The Morgan fingerprint density at radius 2 is 1.74 bits per heavy atom. The highest BCUT2D eigenvalue weighted by molar-refractivity contribution is 5.94. The van der Waals surface area contributed by atoms with Crippen molar-refractivity contribution in [2.75, 3.05) is 0 Å². The molecule has 142 valence electrons. The van der Waals surface area contributed by atoms with Crippen LogP contribution in [-0.4, -0.2) is 26.0 Å². The number of nitrogens with one attached hydrogen (secondary N) is 1. The highest BCUT2D eigenvalue weighted by Gasteiger charge is 2.24. The SMILES string of the molecule is CC(C)(C)NC(=O)c1cc(-c2ccccc2F)nc2cc(C(C)(C)C)nn12. The van der Waals surface area contributed by atoms with E-state index >= 15 is 0 Å². The monoisotopic (exact) mass is 368 g/mol. The molecule has 0 fully saturated rings. The van der Waals surface area contributed by atoms with E-state index in [0.29, 0.717) is 22.6 Å². The van der Waals surface area contributed by atoms with Gasteiger partial charge in [-0.1, -0.05) is 32.9 Å². The van der Waals surface area contributed by atoms with E-state index in [0.717, 1.165) is 5.69 Å². The maximum absolute atomic E-state index is 14.3. The highest BCUT2D eigenvalue weighted by Crippen LogP contribution is 2.26. The Morgan fingerprint density at radius 3 is 2.33 bits per heavy atom. The third kappa shape index (κ3) is 3.99. The molecular formula is C21H25FN4O. The van der Waals surface area contributed by atoms with Gasteiger partial charge in [-0.05, 0) is 39.0 Å². The van der Waals surface area contributed by atoms with E-state index in [1.54, 1.807) is 24.3 Å². The number of carbonyl (C=O) groups is 1. The Kier molecular flexibility index (Phi) is 4.54. The number of hydrogen-bond acceptors (Lipinski definition) is 3. The molecule has 1 aromatic carbocycles. The zero-order chi connectivity index (χ0) is 20.0. The lowest BCUT2D eigenvalue weighted by molar-refractivity contribution is 0.0911. The van der Waals surface area contributed by atoms with Gasteiger partial charge in [0.2, 0.25) is 0 Å². The van der Waals surface area contributed by atoms with Gasteiger partial charge in [-0.3, -0.25) is 4.79 Å². The molecule has 6 heteroatoms. The molecule has 0 radical (unpaired) electrons. The van der Waals surface area contributed by atoms with Gasteiger partial charge in [0.15, 0.2) is 5.65 Å². The van der Waals surface area contributed by atoms with Crippen LogP contribution in [0.25, 0.3) is 16.9 Å². The van der Waals surface area contributed by atoms with E-state index in [4.69, 9.17) is 0 Å². The minimum absolute atomic E-state index is 0.205. The summed E-state index contributed by atoms with van der Waals surface area (Å²) < 4.78 is 15.8. The average molecular weight is 368 g/mol. The molecule has 0 aliphatic rings. The maximum atomic E-state index is 14.3. The van der Waals surface area contributed by atoms with Crippen LogP contribution in [0.4, 0.5) is 4.39 Å². The smallest absolute Gasteiger partial charge is 0.270 e. The first kappa shape index (κ1) is 19.0. The maximum Gasteiger partial charge on any atom is 0.270 e. The second kappa shape index (κ2) is 6.44. The predicted molar refractivity (Wildman–Crippen MR) is 104 cm³/mol. The number of amides is 1. The molecule has 0 bridgehead atoms. The fourth-order valence-electron chi connectivity index (χ4n) is 2.71. The summed E-state index contributed by atoms with van der Waals surface area (Å²) in [6.45, 7) is 11.9. The van der Waals surface area contributed by atoms with Crippen molar-refractivity contribution in [3.63, 3.8) is 0 Å². The first-order valence-electron chi connectivity index (χ1n) is 8.94. The van der Waals surface area contributed by atoms with Gasteiger partial charge in [-0.2, -0.15) is 5.10 Å². The van der Waals surface area contributed by atoms with Gasteiger partial charge in [-0.25, -0.2) is 13.9 Å². The van der Waals surface area contributed by atoms with Gasteiger partial charge in [-0.15, -0.1) is 0 Å². The van der Waals surface area contributed by atoms with Crippen LogP contribution in [0.2, 0.25) is 0 Å². The van der Waals surface area contributed by atoms with Crippen molar-refractivity contribution in [1.29, 1.82) is 0 Å². The van der Waals surface area contributed by atoms with Gasteiger partial charge in [0, 0.05) is 22.6 Å². The first-order valence-corrected chi connectivity index (χ1v) is 8.94. The molecule has 1 amide bonds. The topological polar surface area (TPSA) is 59.3 Å². The quantitative estimate of drug-likeness (QED) is 0.731. The summed E-state index contributed by atoms with van der Waals surface area (Å²) in [6.07, 6.45) is 0. The van der Waals surface area contributed by atoms with E-state index < -0.39 is 5.54 Å². The minimum Gasteiger partial charge on any atom is -0.346 e. The van der Waals surface area contributed by atoms with E-state index in [2.05, 4.69) is 15.4 Å². The molecule has 0 saturated heterocycles. The zero-order valence-corrected chi connectivity index (χ0v) is 16.6. The molecule has 0 atom stereocenters. The van der Waals surface area contributed by atoms with Crippen molar-refractivity contribution in [2.24, 2.45) is 0 Å². The van der Waals surface area contributed by atoms with Crippen LogP contribution in [-0.2, 0) is 5.41 Å². The Morgan fingerprint density at radius 1 is 1.07 bits per heavy atom. The fraction of sp³-hybridized carbons (Fsp3) is 0.381. The van der Waals surface area contributed by atoms with Crippen molar-refractivity contribution in [1.82, 2.24) is 19.9 Å². The number of nitrogens with zero attached hydrogens (tertiary/aromatic N) is 3. The summed E-state index contributed by atoms with van der Waals surface area (Å²) in [5.41, 5.74) is 1.78. The lowest BCUT2D eigenvalue weighted by Crippen LogP contribution is -2.41. The number of fused-ring (bicyclic) bond motifs is 1. The molecule has 2 aromatic heterocycles. The van der Waals surface area contributed by atoms with Gasteiger partial charge in [0.05, 0.1) is 11.4 Å². The molecule has 0 aliphatic carbocycles. The molecule has 5 nitrogen and oxygen atoms in total. The number of aromatic nitrogens is 3. The number of benzene rings is 1. The Hall–Kier alpha value is -2.76. The van der Waals surface area contributed by atoms with Crippen LogP contribution in [0, 0.1) is 5.82 Å². The zero-order valence-electron chi connectivity index (χ0n) is 16.6. The second-order valence-corrected chi connectivity index (χ2v) is 8.76. The molecule has 2 heterocycles. The van der Waals surface area contributed by atoms with Crippen molar-refractivity contribution in [3.8, 4) is 11.3 Å². The van der Waals surface area contributed by atoms with Crippen LogP contribution < -0.4 is 5.32 Å². The van der Waals surface area contributed by atoms with Crippen molar-refractivity contribution < 1.29 is 9.18 Å². The number of carbonyl (C=O) groups excluding carboxylic acids is 1. The standard InChI is InChI=1S/C21H25FN4O/c1-20(2,3)17-12-18-23-15(13-9-7-8-10-14(13)22)11-16(26(18)25-17)19(27)24-21(4,5)6/h7-12H,1-6H3,(H,24,27). The van der Waals surface area contributed by atoms with Gasteiger partial charge >= 0.3 is 0 Å². The normalized spacial score (nSPS) is 12.4. The molecular weight excluding hydrogens is 343 g/mol. The number of hydrogen-bond donors (Lipinski definition) is 1. The van der Waals surface area contributed by atoms with Gasteiger partial charge < -0.3 is 5.32 Å². The minimum atomic E-state index is -0.412. The summed E-state index contributed by atoms with van der Waals surface area (Å²) in [5, 5.41) is 7.54. The third-order valence-corrected chi connectivity index (χ3v) is 4.07. The Bertz CT molecular complexity index is 1010. The van der Waals surface area contributed by atoms with E-state index in [9.17, 15) is 9.18 Å². The van der Waals surface area contributed by atoms with Gasteiger partial charge in [0.1, 0.15) is 11.5 Å². The summed E-state index contributed by atoms with van der Waals surface area (Å²) in [7, 11) is 0. The molecule has 0 unspecified atom stereocenters. The number of rotatable bonds is 2. The Balaban J connectivity index is 2.25. The van der Waals surface area contributed by atoms with Crippen LogP contribution >= 0.6 is 0 Å². The first-order chi connectivity index (χ1) is 12.5. The molecule has 0 aliphatic heterocycles. The van der Waals surface area contributed by atoms with E-state index in [1.807, 2.05) is 47.6 Å². The van der Waals surface area contributed by atoms with E-state index in [1.165, 1.54) is 10.6 Å². The molecule has 0 spiro atoms. The van der Waals surface area contributed by atoms with Crippen molar-refractivity contribution in [3.05, 3.63) is 53.6 Å². The molecule has 3 aromatic rings. The lowest BCUT2D eigenvalue weighted by atomic mass is 9.93. The third-order valence-electron chi connectivity index (χ3n) is 4.07. The van der Waals surface area contributed by atoms with Crippen molar-refractivity contribution in [2.45, 2.75) is 52.5 Å². The molecule has 1 N–H and O–H groups in total. The molecule has 3 rings (SSSR count).